The first-order valence-electron chi connectivity index (χ1n) is 4.20. The molecule has 0 spiro atoms. The molecule has 0 saturated carbocycles. The first kappa shape index (κ1) is 9.71. The van der Waals surface area contributed by atoms with Gasteiger partial charge in [-0.15, -0.1) is 11.3 Å². The second-order valence-corrected chi connectivity index (χ2v) is 4.19. The monoisotopic (exact) mass is 228 g/mol. The highest BCUT2D eigenvalue weighted by molar-refractivity contribution is 7.15. The molecule has 0 fully saturated rings. The maximum absolute atomic E-state index is 5.94. The van der Waals surface area contributed by atoms with Crippen LogP contribution < -0.4 is 5.73 Å². The Kier molecular flexibility index (Phi) is 2.86. The van der Waals surface area contributed by atoms with E-state index in [1.54, 1.807) is 6.26 Å². The van der Waals surface area contributed by atoms with Crippen molar-refractivity contribution in [3.05, 3.63) is 28.4 Å². The topological polar surface area (TPSA) is 52.0 Å². The number of halogens is 1. The van der Waals surface area contributed by atoms with Gasteiger partial charge >= 0.3 is 0 Å². The fourth-order valence-corrected chi connectivity index (χ4v) is 2.41. The van der Waals surface area contributed by atoms with Crippen LogP contribution in [0.1, 0.15) is 4.88 Å². The van der Waals surface area contributed by atoms with Gasteiger partial charge in [-0.25, -0.2) is 4.98 Å². The Morgan fingerprint density at radius 3 is 3.07 bits per heavy atom. The Labute approximate surface area is 90.5 Å². The summed E-state index contributed by atoms with van der Waals surface area (Å²) in [5.74, 6) is 0.750. The summed E-state index contributed by atoms with van der Waals surface area (Å²) in [6.45, 7) is 0.583. The van der Waals surface area contributed by atoms with E-state index in [0.29, 0.717) is 11.7 Å². The molecule has 0 unspecified atom stereocenters. The van der Waals surface area contributed by atoms with E-state index in [9.17, 15) is 0 Å². The molecule has 2 heterocycles. The Morgan fingerprint density at radius 1 is 1.57 bits per heavy atom. The summed E-state index contributed by atoms with van der Waals surface area (Å²) in [6, 6.07) is 3.69. The molecule has 3 nitrogen and oxygen atoms in total. The fraction of sp³-hybridized carbons (Fsp3) is 0.222. The molecular formula is C9H9ClN2OS. The summed E-state index contributed by atoms with van der Waals surface area (Å²) in [5, 5.41) is 1.34. The molecular weight excluding hydrogens is 220 g/mol. The lowest BCUT2D eigenvalue weighted by Gasteiger charge is -1.89. The van der Waals surface area contributed by atoms with Crippen molar-refractivity contribution in [3.8, 4) is 10.8 Å². The fourth-order valence-electron chi connectivity index (χ4n) is 1.12. The molecule has 0 bridgehead atoms. The van der Waals surface area contributed by atoms with E-state index in [1.807, 2.05) is 12.1 Å². The molecule has 2 rings (SSSR count). The van der Waals surface area contributed by atoms with Crippen LogP contribution in [0.4, 0.5) is 0 Å². The Bertz CT molecular complexity index is 410. The molecule has 2 N–H and O–H groups in total. The molecule has 5 heteroatoms. The highest BCUT2D eigenvalue weighted by Gasteiger charge is 2.11. The summed E-state index contributed by atoms with van der Waals surface area (Å²) < 4.78 is 5.22. The van der Waals surface area contributed by atoms with Crippen LogP contribution in [-0.2, 0) is 6.42 Å². The van der Waals surface area contributed by atoms with Crippen LogP contribution in [0, 0.1) is 0 Å². The summed E-state index contributed by atoms with van der Waals surface area (Å²) in [7, 11) is 0. The molecule has 0 radical (unpaired) electrons. The maximum atomic E-state index is 5.94. The minimum Gasteiger partial charge on any atom is -0.462 e. The van der Waals surface area contributed by atoms with E-state index in [2.05, 4.69) is 4.98 Å². The van der Waals surface area contributed by atoms with Gasteiger partial charge in [0, 0.05) is 4.88 Å². The number of nitrogens with two attached hydrogens (primary N) is 1. The first-order chi connectivity index (χ1) is 6.81. The lowest BCUT2D eigenvalue weighted by atomic mass is 10.4. The van der Waals surface area contributed by atoms with E-state index < -0.39 is 0 Å². The number of hydrogen-bond acceptors (Lipinski definition) is 4. The molecule has 0 amide bonds. The summed E-state index contributed by atoms with van der Waals surface area (Å²) in [5.41, 5.74) is 5.45. The van der Waals surface area contributed by atoms with Crippen molar-refractivity contribution in [1.29, 1.82) is 0 Å². The van der Waals surface area contributed by atoms with Crippen molar-refractivity contribution in [3.63, 3.8) is 0 Å². The van der Waals surface area contributed by atoms with Gasteiger partial charge in [0.05, 0.1) is 6.26 Å². The molecule has 0 aromatic carbocycles. The molecule has 0 saturated heterocycles. The van der Waals surface area contributed by atoms with Gasteiger partial charge in [-0.2, -0.15) is 0 Å². The van der Waals surface area contributed by atoms with Gasteiger partial charge in [-0.1, -0.05) is 11.6 Å². The van der Waals surface area contributed by atoms with Crippen molar-refractivity contribution in [2.24, 2.45) is 5.73 Å². The highest BCUT2D eigenvalue weighted by Crippen LogP contribution is 2.31. The maximum Gasteiger partial charge on any atom is 0.162 e. The quantitative estimate of drug-likeness (QED) is 0.879. The number of thiazole rings is 1. The third-order valence-electron chi connectivity index (χ3n) is 1.75. The smallest absolute Gasteiger partial charge is 0.162 e. The van der Waals surface area contributed by atoms with Gasteiger partial charge in [0.25, 0.3) is 0 Å². The minimum atomic E-state index is 0.534. The van der Waals surface area contributed by atoms with Crippen molar-refractivity contribution < 1.29 is 4.42 Å². The second kappa shape index (κ2) is 4.13. The SMILES string of the molecule is NCCc1sc(-c2ccco2)nc1Cl. The molecule has 2 aromatic rings. The molecule has 0 atom stereocenters. The van der Waals surface area contributed by atoms with E-state index in [-0.39, 0.29) is 0 Å². The van der Waals surface area contributed by atoms with E-state index in [4.69, 9.17) is 21.8 Å². The van der Waals surface area contributed by atoms with Gasteiger partial charge in [0.1, 0.15) is 5.15 Å². The van der Waals surface area contributed by atoms with Crippen molar-refractivity contribution in [1.82, 2.24) is 4.98 Å². The van der Waals surface area contributed by atoms with Gasteiger partial charge in [0.2, 0.25) is 0 Å². The molecule has 0 aliphatic rings. The van der Waals surface area contributed by atoms with Crippen LogP contribution in [0.25, 0.3) is 10.8 Å². The average Bonchev–Trinajstić information content (AvgIpc) is 2.76. The zero-order valence-electron chi connectivity index (χ0n) is 7.37. The van der Waals surface area contributed by atoms with Crippen molar-refractivity contribution in [2.45, 2.75) is 6.42 Å². The van der Waals surface area contributed by atoms with Crippen LogP contribution in [0.5, 0.6) is 0 Å². The number of rotatable bonds is 3. The highest BCUT2D eigenvalue weighted by atomic mass is 35.5. The van der Waals surface area contributed by atoms with Crippen LogP contribution in [0.15, 0.2) is 22.8 Å². The second-order valence-electron chi connectivity index (χ2n) is 2.75. The van der Waals surface area contributed by atoms with Crippen LogP contribution in [-0.4, -0.2) is 11.5 Å². The van der Waals surface area contributed by atoms with Crippen LogP contribution in [0.2, 0.25) is 5.15 Å². The van der Waals surface area contributed by atoms with Gasteiger partial charge in [-0.3, -0.25) is 0 Å². The standard InChI is InChI=1S/C9H9ClN2OS/c10-8-7(3-4-11)14-9(12-8)6-2-1-5-13-6/h1-2,5H,3-4,11H2. The lowest BCUT2D eigenvalue weighted by Crippen LogP contribution is -2.01. The number of hydrogen-bond donors (Lipinski definition) is 1. The summed E-state index contributed by atoms with van der Waals surface area (Å²) in [4.78, 5) is 5.22. The lowest BCUT2D eigenvalue weighted by molar-refractivity contribution is 0.582. The van der Waals surface area contributed by atoms with Gasteiger partial charge < -0.3 is 10.2 Å². The number of furan rings is 1. The Morgan fingerprint density at radius 2 is 2.43 bits per heavy atom. The normalized spacial score (nSPS) is 10.7. The van der Waals surface area contributed by atoms with Crippen LogP contribution in [0.3, 0.4) is 0 Å². The average molecular weight is 229 g/mol. The van der Waals surface area contributed by atoms with Gasteiger partial charge in [-0.05, 0) is 25.1 Å². The van der Waals surface area contributed by atoms with E-state index in [0.717, 1.165) is 22.1 Å². The largest absolute Gasteiger partial charge is 0.462 e. The molecule has 74 valence electrons. The van der Waals surface area contributed by atoms with Crippen molar-refractivity contribution in [2.75, 3.05) is 6.54 Å². The summed E-state index contributed by atoms with van der Waals surface area (Å²) >= 11 is 7.47. The zero-order valence-corrected chi connectivity index (χ0v) is 8.94. The molecule has 2 aromatic heterocycles. The minimum absolute atomic E-state index is 0.534. The van der Waals surface area contributed by atoms with Gasteiger partial charge in [0.15, 0.2) is 10.8 Å². The Balaban J connectivity index is 2.33. The van der Waals surface area contributed by atoms with Crippen LogP contribution >= 0.6 is 22.9 Å². The first-order valence-corrected chi connectivity index (χ1v) is 5.40. The predicted octanol–water partition coefficient (Wildman–Crippen LogP) is 2.56. The zero-order chi connectivity index (χ0) is 9.97. The summed E-state index contributed by atoms with van der Waals surface area (Å²) in [6.07, 6.45) is 2.38. The molecule has 14 heavy (non-hydrogen) atoms. The van der Waals surface area contributed by atoms with E-state index in [1.165, 1.54) is 11.3 Å². The van der Waals surface area contributed by atoms with Crippen molar-refractivity contribution >= 4 is 22.9 Å². The predicted molar refractivity (Wildman–Crippen MR) is 57.6 cm³/mol. The Hall–Kier alpha value is -0.840. The third kappa shape index (κ3) is 1.82. The molecule has 0 aliphatic heterocycles. The number of nitrogens with zero attached hydrogens (tertiary/aromatic N) is 1. The molecule has 0 aliphatic carbocycles. The third-order valence-corrected chi connectivity index (χ3v) is 3.31. The van der Waals surface area contributed by atoms with E-state index >= 15 is 0 Å². The number of aromatic nitrogens is 1.